The normalized spacial score (nSPS) is 17.8. The summed E-state index contributed by atoms with van der Waals surface area (Å²) in [6.07, 6.45) is 1.01. The Balaban J connectivity index is 1.69. The van der Waals surface area contributed by atoms with E-state index in [4.69, 9.17) is 16.0 Å². The Morgan fingerprint density at radius 1 is 1.48 bits per heavy atom. The fraction of sp³-hybridized carbons (Fsp3) is 0.474. The molecule has 2 aromatic rings. The zero-order valence-corrected chi connectivity index (χ0v) is 15.7. The molecule has 1 fully saturated rings. The minimum atomic E-state index is 0.148. The second kappa shape index (κ2) is 7.58. The quantitative estimate of drug-likeness (QED) is 0.813. The Labute approximate surface area is 153 Å². The van der Waals surface area contributed by atoms with Crippen molar-refractivity contribution in [2.75, 3.05) is 19.6 Å². The van der Waals surface area contributed by atoms with Crippen LogP contribution < -0.4 is 0 Å². The number of rotatable bonds is 5. The van der Waals surface area contributed by atoms with Crippen molar-refractivity contribution in [3.8, 4) is 11.5 Å². The van der Waals surface area contributed by atoms with Gasteiger partial charge in [-0.3, -0.25) is 9.69 Å². The van der Waals surface area contributed by atoms with Crippen LogP contribution in [0.3, 0.4) is 0 Å². The van der Waals surface area contributed by atoms with E-state index in [0.717, 1.165) is 49.6 Å². The summed E-state index contributed by atoms with van der Waals surface area (Å²) in [7, 11) is 0. The third-order valence-corrected chi connectivity index (χ3v) is 5.01. The minimum Gasteiger partial charge on any atom is -0.441 e. The first-order chi connectivity index (χ1) is 12.0. The van der Waals surface area contributed by atoms with E-state index < -0.39 is 0 Å². The largest absolute Gasteiger partial charge is 0.441 e. The van der Waals surface area contributed by atoms with Crippen molar-refractivity contribution in [3.05, 3.63) is 40.7 Å². The average Bonchev–Trinajstić information content (AvgIpc) is 3.16. The number of aryl methyl sites for hydroxylation is 1. The maximum Gasteiger partial charge on any atom is 0.226 e. The molecule has 6 heteroatoms. The molecule has 0 N–H and O–H groups in total. The van der Waals surface area contributed by atoms with Crippen molar-refractivity contribution in [1.82, 2.24) is 14.8 Å². The van der Waals surface area contributed by atoms with Gasteiger partial charge in [0.25, 0.3) is 0 Å². The SMILES string of the molecule is CCN(C(C)=O)[C@@H]1CCN(Cc2nc(-c3cccc(Cl)c3)oc2C)C1. The fourth-order valence-corrected chi connectivity index (χ4v) is 3.67. The summed E-state index contributed by atoms with van der Waals surface area (Å²) in [4.78, 5) is 20.7. The van der Waals surface area contributed by atoms with E-state index in [9.17, 15) is 4.79 Å². The average molecular weight is 362 g/mol. The van der Waals surface area contributed by atoms with Crippen LogP contribution in [-0.4, -0.2) is 46.4 Å². The number of amides is 1. The van der Waals surface area contributed by atoms with E-state index in [1.165, 1.54) is 0 Å². The Hall–Kier alpha value is -1.85. The van der Waals surface area contributed by atoms with Crippen LogP contribution in [-0.2, 0) is 11.3 Å². The molecule has 0 spiro atoms. The highest BCUT2D eigenvalue weighted by atomic mass is 35.5. The van der Waals surface area contributed by atoms with Crippen LogP contribution >= 0.6 is 11.6 Å². The molecule has 0 radical (unpaired) electrons. The second-order valence-electron chi connectivity index (χ2n) is 6.51. The van der Waals surface area contributed by atoms with Gasteiger partial charge in [-0.25, -0.2) is 4.98 Å². The second-order valence-corrected chi connectivity index (χ2v) is 6.95. The summed E-state index contributed by atoms with van der Waals surface area (Å²) in [5, 5.41) is 0.668. The van der Waals surface area contributed by atoms with E-state index in [1.54, 1.807) is 6.92 Å². The lowest BCUT2D eigenvalue weighted by molar-refractivity contribution is -0.130. The highest BCUT2D eigenvalue weighted by Crippen LogP contribution is 2.26. The molecule has 1 saturated heterocycles. The number of likely N-dealkylation sites (N-methyl/N-ethyl adjacent to an activating group) is 1. The highest BCUT2D eigenvalue weighted by Gasteiger charge is 2.29. The Kier molecular flexibility index (Phi) is 5.45. The lowest BCUT2D eigenvalue weighted by Gasteiger charge is -2.26. The molecule has 0 saturated carbocycles. The molecule has 3 rings (SSSR count). The van der Waals surface area contributed by atoms with Gasteiger partial charge in [-0.15, -0.1) is 0 Å². The molecule has 1 aromatic heterocycles. The van der Waals surface area contributed by atoms with E-state index in [0.29, 0.717) is 17.0 Å². The predicted molar refractivity (Wildman–Crippen MR) is 98.4 cm³/mol. The van der Waals surface area contributed by atoms with Crippen LogP contribution in [0.5, 0.6) is 0 Å². The highest BCUT2D eigenvalue weighted by molar-refractivity contribution is 6.30. The minimum absolute atomic E-state index is 0.148. The number of carbonyl (C=O) groups excluding carboxylic acids is 1. The number of likely N-dealkylation sites (tertiary alicyclic amines) is 1. The van der Waals surface area contributed by atoms with Gasteiger partial charge in [0.15, 0.2) is 0 Å². The van der Waals surface area contributed by atoms with Crippen molar-refractivity contribution in [3.63, 3.8) is 0 Å². The summed E-state index contributed by atoms with van der Waals surface area (Å²) in [6, 6.07) is 7.82. The molecular weight excluding hydrogens is 338 g/mol. The number of benzene rings is 1. The lowest BCUT2D eigenvalue weighted by atomic mass is 10.2. The van der Waals surface area contributed by atoms with Crippen molar-refractivity contribution in [2.45, 2.75) is 39.8 Å². The first-order valence-corrected chi connectivity index (χ1v) is 9.07. The Morgan fingerprint density at radius 2 is 2.28 bits per heavy atom. The summed E-state index contributed by atoms with van der Waals surface area (Å²) in [5.74, 6) is 1.58. The summed E-state index contributed by atoms with van der Waals surface area (Å²) in [5.41, 5.74) is 1.83. The van der Waals surface area contributed by atoms with Crippen molar-refractivity contribution in [1.29, 1.82) is 0 Å². The molecule has 0 aliphatic carbocycles. The zero-order chi connectivity index (χ0) is 18.0. The number of hydrogen-bond donors (Lipinski definition) is 0. The van der Waals surface area contributed by atoms with Crippen molar-refractivity contribution in [2.24, 2.45) is 0 Å². The molecule has 1 aliphatic rings. The number of halogens is 1. The number of oxazole rings is 1. The molecule has 134 valence electrons. The van der Waals surface area contributed by atoms with Gasteiger partial charge in [-0.1, -0.05) is 17.7 Å². The number of carbonyl (C=O) groups is 1. The summed E-state index contributed by atoms with van der Waals surface area (Å²) >= 11 is 6.05. The molecule has 0 bridgehead atoms. The smallest absolute Gasteiger partial charge is 0.226 e. The molecule has 5 nitrogen and oxygen atoms in total. The maximum absolute atomic E-state index is 11.7. The van der Waals surface area contributed by atoms with Gasteiger partial charge < -0.3 is 9.32 Å². The topological polar surface area (TPSA) is 49.6 Å². The van der Waals surface area contributed by atoms with Gasteiger partial charge in [0, 0.05) is 49.7 Å². The number of hydrogen-bond acceptors (Lipinski definition) is 4. The molecular formula is C19H24ClN3O2. The van der Waals surface area contributed by atoms with Crippen LogP contribution in [0, 0.1) is 6.92 Å². The molecule has 1 atom stereocenters. The molecule has 0 unspecified atom stereocenters. The zero-order valence-electron chi connectivity index (χ0n) is 15.0. The molecule has 1 aliphatic heterocycles. The molecule has 1 amide bonds. The molecule has 2 heterocycles. The molecule has 25 heavy (non-hydrogen) atoms. The van der Waals surface area contributed by atoms with Crippen LogP contribution in [0.1, 0.15) is 31.7 Å². The molecule has 1 aromatic carbocycles. The first-order valence-electron chi connectivity index (χ1n) is 8.69. The van der Waals surface area contributed by atoms with Gasteiger partial charge in [0.1, 0.15) is 5.76 Å². The fourth-order valence-electron chi connectivity index (χ4n) is 3.48. The monoisotopic (exact) mass is 361 g/mol. The van der Waals surface area contributed by atoms with E-state index in [-0.39, 0.29) is 5.91 Å². The Morgan fingerprint density at radius 3 is 2.96 bits per heavy atom. The third-order valence-electron chi connectivity index (χ3n) is 4.77. The van der Waals surface area contributed by atoms with Gasteiger partial charge in [-0.2, -0.15) is 0 Å². The first kappa shape index (κ1) is 18.0. The van der Waals surface area contributed by atoms with Crippen LogP contribution in [0.2, 0.25) is 5.02 Å². The van der Waals surface area contributed by atoms with E-state index >= 15 is 0 Å². The van der Waals surface area contributed by atoms with Crippen LogP contribution in [0.15, 0.2) is 28.7 Å². The number of nitrogens with zero attached hydrogens (tertiary/aromatic N) is 3. The van der Waals surface area contributed by atoms with Crippen molar-refractivity contribution >= 4 is 17.5 Å². The standard InChI is InChI=1S/C19H24ClN3O2/c1-4-23(14(3)24)17-8-9-22(11-17)12-18-13(2)25-19(21-18)15-6-5-7-16(20)10-15/h5-7,10,17H,4,8-9,11-12H2,1-3H3/t17-/m1/s1. The summed E-state index contributed by atoms with van der Waals surface area (Å²) < 4.78 is 5.84. The van der Waals surface area contributed by atoms with Gasteiger partial charge in [0.05, 0.1) is 5.69 Å². The number of aromatic nitrogens is 1. The lowest BCUT2D eigenvalue weighted by Crippen LogP contribution is -2.40. The maximum atomic E-state index is 11.7. The van der Waals surface area contributed by atoms with Gasteiger partial charge in [-0.05, 0) is 38.5 Å². The van der Waals surface area contributed by atoms with Crippen LogP contribution in [0.4, 0.5) is 0 Å². The predicted octanol–water partition coefficient (Wildman–Crippen LogP) is 3.75. The van der Waals surface area contributed by atoms with E-state index in [1.807, 2.05) is 43.0 Å². The Bertz CT molecular complexity index is 759. The summed E-state index contributed by atoms with van der Waals surface area (Å²) in [6.45, 7) is 8.96. The van der Waals surface area contributed by atoms with Crippen molar-refractivity contribution < 1.29 is 9.21 Å². The van der Waals surface area contributed by atoms with Crippen LogP contribution in [0.25, 0.3) is 11.5 Å². The van der Waals surface area contributed by atoms with Gasteiger partial charge >= 0.3 is 0 Å². The van der Waals surface area contributed by atoms with E-state index in [2.05, 4.69) is 9.88 Å². The van der Waals surface area contributed by atoms with Gasteiger partial charge in [0.2, 0.25) is 11.8 Å². The third kappa shape index (κ3) is 4.05.